The summed E-state index contributed by atoms with van der Waals surface area (Å²) in [6.07, 6.45) is 4.55. The standard InChI is InChI=1S/C11H16O3/c1-14-11(13)9-5-7-3-2-4-8(6-9)10(7)12/h7-9H,2-6H2,1H3. The summed E-state index contributed by atoms with van der Waals surface area (Å²) in [6.45, 7) is 0. The van der Waals surface area contributed by atoms with Gasteiger partial charge in [0.2, 0.25) is 0 Å². The highest BCUT2D eigenvalue weighted by Crippen LogP contribution is 2.40. The summed E-state index contributed by atoms with van der Waals surface area (Å²) in [5.41, 5.74) is 0. The van der Waals surface area contributed by atoms with E-state index in [4.69, 9.17) is 4.74 Å². The zero-order valence-corrected chi connectivity index (χ0v) is 8.49. The van der Waals surface area contributed by atoms with Crippen LogP contribution in [0, 0.1) is 17.8 Å². The van der Waals surface area contributed by atoms with Crippen LogP contribution in [0.2, 0.25) is 0 Å². The van der Waals surface area contributed by atoms with E-state index in [0.29, 0.717) is 5.78 Å². The molecular weight excluding hydrogens is 180 g/mol. The van der Waals surface area contributed by atoms with Gasteiger partial charge in [-0.05, 0) is 25.7 Å². The highest BCUT2D eigenvalue weighted by Gasteiger charge is 2.41. The Morgan fingerprint density at radius 2 is 1.86 bits per heavy atom. The molecule has 78 valence electrons. The van der Waals surface area contributed by atoms with Gasteiger partial charge in [0.15, 0.2) is 0 Å². The molecule has 0 heterocycles. The SMILES string of the molecule is COC(=O)C1CC2CCCC(C1)C2=O. The number of esters is 1. The molecule has 0 radical (unpaired) electrons. The van der Waals surface area contributed by atoms with Crippen LogP contribution in [-0.4, -0.2) is 18.9 Å². The lowest BCUT2D eigenvalue weighted by atomic mass is 9.67. The van der Waals surface area contributed by atoms with Gasteiger partial charge in [0, 0.05) is 11.8 Å². The molecule has 2 bridgehead atoms. The number of hydrogen-bond acceptors (Lipinski definition) is 3. The van der Waals surface area contributed by atoms with Crippen molar-refractivity contribution in [2.75, 3.05) is 7.11 Å². The number of carbonyl (C=O) groups excluding carboxylic acids is 2. The summed E-state index contributed by atoms with van der Waals surface area (Å²) >= 11 is 0. The van der Waals surface area contributed by atoms with Gasteiger partial charge in [0.05, 0.1) is 13.0 Å². The Bertz CT molecular complexity index is 243. The van der Waals surface area contributed by atoms with Gasteiger partial charge < -0.3 is 4.74 Å². The van der Waals surface area contributed by atoms with E-state index in [1.807, 2.05) is 0 Å². The largest absolute Gasteiger partial charge is 0.469 e. The highest BCUT2D eigenvalue weighted by atomic mass is 16.5. The van der Waals surface area contributed by atoms with E-state index in [1.54, 1.807) is 0 Å². The van der Waals surface area contributed by atoms with Gasteiger partial charge in [-0.15, -0.1) is 0 Å². The molecule has 0 spiro atoms. The van der Waals surface area contributed by atoms with E-state index in [2.05, 4.69) is 0 Å². The lowest BCUT2D eigenvalue weighted by Gasteiger charge is -2.36. The third-order valence-corrected chi connectivity index (χ3v) is 3.58. The molecule has 2 atom stereocenters. The highest BCUT2D eigenvalue weighted by molar-refractivity contribution is 5.87. The predicted octanol–water partition coefficient (Wildman–Crippen LogP) is 1.55. The van der Waals surface area contributed by atoms with Crippen LogP contribution in [0.15, 0.2) is 0 Å². The van der Waals surface area contributed by atoms with Crippen LogP contribution in [0.1, 0.15) is 32.1 Å². The van der Waals surface area contributed by atoms with E-state index in [1.165, 1.54) is 7.11 Å². The minimum atomic E-state index is -0.130. The van der Waals surface area contributed by atoms with Crippen LogP contribution < -0.4 is 0 Å². The summed E-state index contributed by atoms with van der Waals surface area (Å²) < 4.78 is 4.74. The van der Waals surface area contributed by atoms with Crippen molar-refractivity contribution in [3.63, 3.8) is 0 Å². The van der Waals surface area contributed by atoms with Gasteiger partial charge in [0.1, 0.15) is 5.78 Å². The van der Waals surface area contributed by atoms with E-state index >= 15 is 0 Å². The number of fused-ring (bicyclic) bond motifs is 2. The maximum Gasteiger partial charge on any atom is 0.308 e. The fraction of sp³-hybridized carbons (Fsp3) is 0.818. The van der Waals surface area contributed by atoms with Gasteiger partial charge >= 0.3 is 5.97 Å². The molecule has 3 nitrogen and oxygen atoms in total. The quantitative estimate of drug-likeness (QED) is 0.598. The van der Waals surface area contributed by atoms with E-state index < -0.39 is 0 Å². The molecular formula is C11H16O3. The van der Waals surface area contributed by atoms with Crippen LogP contribution in [0.25, 0.3) is 0 Å². The summed E-state index contributed by atoms with van der Waals surface area (Å²) in [5.74, 6) is 0.539. The average Bonchev–Trinajstić information content (AvgIpc) is 2.16. The molecule has 2 aliphatic rings. The zero-order valence-electron chi connectivity index (χ0n) is 8.49. The van der Waals surface area contributed by atoms with Gasteiger partial charge in [-0.1, -0.05) is 6.42 Å². The number of Topliss-reactive ketones (excluding diaryl/α,β-unsaturated/α-hetero) is 1. The van der Waals surface area contributed by atoms with Crippen molar-refractivity contribution in [2.45, 2.75) is 32.1 Å². The molecule has 2 aliphatic carbocycles. The number of methoxy groups -OCH3 is 1. The molecule has 2 fully saturated rings. The fourth-order valence-electron chi connectivity index (χ4n) is 2.84. The minimum absolute atomic E-state index is 0.0204. The Labute approximate surface area is 83.8 Å². The van der Waals surface area contributed by atoms with E-state index in [-0.39, 0.29) is 23.7 Å². The van der Waals surface area contributed by atoms with Crippen molar-refractivity contribution in [3.05, 3.63) is 0 Å². The lowest BCUT2D eigenvalue weighted by molar-refractivity contribution is -0.150. The molecule has 0 N–H and O–H groups in total. The van der Waals surface area contributed by atoms with Gasteiger partial charge in [0.25, 0.3) is 0 Å². The normalized spacial score (nSPS) is 36.6. The molecule has 3 heteroatoms. The van der Waals surface area contributed by atoms with Gasteiger partial charge in [-0.2, -0.15) is 0 Å². The first-order valence-electron chi connectivity index (χ1n) is 5.34. The van der Waals surface area contributed by atoms with Crippen LogP contribution in [0.5, 0.6) is 0 Å². The third kappa shape index (κ3) is 1.56. The van der Waals surface area contributed by atoms with Crippen LogP contribution in [0.4, 0.5) is 0 Å². The number of ether oxygens (including phenoxy) is 1. The van der Waals surface area contributed by atoms with Crippen LogP contribution in [0.3, 0.4) is 0 Å². The molecule has 0 aromatic carbocycles. The second-order valence-electron chi connectivity index (χ2n) is 4.42. The Balaban J connectivity index is 2.07. The van der Waals surface area contributed by atoms with E-state index in [0.717, 1.165) is 32.1 Å². The minimum Gasteiger partial charge on any atom is -0.469 e. The zero-order chi connectivity index (χ0) is 10.1. The van der Waals surface area contributed by atoms with Crippen molar-refractivity contribution < 1.29 is 14.3 Å². The number of hydrogen-bond donors (Lipinski definition) is 0. The molecule has 0 amide bonds. The van der Waals surface area contributed by atoms with E-state index in [9.17, 15) is 9.59 Å². The maximum absolute atomic E-state index is 11.7. The van der Waals surface area contributed by atoms with Crippen molar-refractivity contribution in [2.24, 2.45) is 17.8 Å². The Morgan fingerprint density at radius 1 is 1.29 bits per heavy atom. The van der Waals surface area contributed by atoms with Gasteiger partial charge in [-0.25, -0.2) is 0 Å². The summed E-state index contributed by atoms with van der Waals surface area (Å²) in [7, 11) is 1.43. The number of ketones is 1. The number of carbonyl (C=O) groups is 2. The monoisotopic (exact) mass is 196 g/mol. The molecule has 0 aromatic heterocycles. The van der Waals surface area contributed by atoms with Crippen LogP contribution >= 0.6 is 0 Å². The van der Waals surface area contributed by atoms with Crippen LogP contribution in [-0.2, 0) is 14.3 Å². The smallest absolute Gasteiger partial charge is 0.308 e. The molecule has 0 saturated heterocycles. The summed E-state index contributed by atoms with van der Waals surface area (Å²) in [4.78, 5) is 23.1. The Hall–Kier alpha value is -0.860. The first-order chi connectivity index (χ1) is 6.72. The van der Waals surface area contributed by atoms with Gasteiger partial charge in [-0.3, -0.25) is 9.59 Å². The van der Waals surface area contributed by atoms with Crippen molar-refractivity contribution >= 4 is 11.8 Å². The Morgan fingerprint density at radius 3 is 2.36 bits per heavy atom. The molecule has 0 aliphatic heterocycles. The third-order valence-electron chi connectivity index (χ3n) is 3.58. The topological polar surface area (TPSA) is 43.4 Å². The number of rotatable bonds is 1. The second kappa shape index (κ2) is 3.71. The summed E-state index contributed by atoms with van der Waals surface area (Å²) in [5, 5.41) is 0. The van der Waals surface area contributed by atoms with Crippen molar-refractivity contribution in [3.8, 4) is 0 Å². The predicted molar refractivity (Wildman–Crippen MR) is 50.6 cm³/mol. The fourth-order valence-corrected chi connectivity index (χ4v) is 2.84. The first kappa shape index (κ1) is 9.69. The second-order valence-corrected chi connectivity index (χ2v) is 4.42. The summed E-state index contributed by atoms with van der Waals surface area (Å²) in [6, 6.07) is 0. The molecule has 2 unspecified atom stereocenters. The molecule has 2 saturated carbocycles. The maximum atomic E-state index is 11.7. The first-order valence-corrected chi connectivity index (χ1v) is 5.34. The molecule has 14 heavy (non-hydrogen) atoms. The lowest BCUT2D eigenvalue weighted by Crippen LogP contribution is -2.39. The van der Waals surface area contributed by atoms with Crippen molar-refractivity contribution in [1.29, 1.82) is 0 Å². The Kier molecular flexibility index (Phi) is 2.57. The average molecular weight is 196 g/mol. The molecule has 0 aromatic rings. The van der Waals surface area contributed by atoms with Crippen molar-refractivity contribution in [1.82, 2.24) is 0 Å². The molecule has 2 rings (SSSR count).